The van der Waals surface area contributed by atoms with Gasteiger partial charge in [0, 0.05) is 13.1 Å². The lowest BCUT2D eigenvalue weighted by atomic mass is 9.87. The van der Waals surface area contributed by atoms with Gasteiger partial charge in [0.25, 0.3) is 0 Å². The summed E-state index contributed by atoms with van der Waals surface area (Å²) in [5.74, 6) is 0. The minimum Gasteiger partial charge on any atom is -0.390 e. The third-order valence-corrected chi connectivity index (χ3v) is 5.47. The van der Waals surface area contributed by atoms with Gasteiger partial charge in [-0.05, 0) is 29.5 Å². The smallest absolute Gasteiger partial charge is 0.243 e. The number of β-amino-alcohol motifs (C(OH)–C–C–N with tert-alkyl or cyclic N) is 1. The Bertz CT molecular complexity index is 581. The fourth-order valence-electron chi connectivity index (χ4n) is 2.10. The van der Waals surface area contributed by atoms with Gasteiger partial charge in [0.1, 0.15) is 0 Å². The molecule has 4 nitrogen and oxygen atoms in total. The highest BCUT2D eigenvalue weighted by Gasteiger charge is 2.36. The highest BCUT2D eigenvalue weighted by Crippen LogP contribution is 2.29. The second-order valence-corrected chi connectivity index (χ2v) is 8.11. The molecule has 106 valence electrons. The molecule has 0 atom stereocenters. The quantitative estimate of drug-likeness (QED) is 0.898. The molecule has 0 aliphatic carbocycles. The summed E-state index contributed by atoms with van der Waals surface area (Å²) in [6.07, 6.45) is -0.527. The number of benzene rings is 1. The molecule has 1 fully saturated rings. The molecule has 1 saturated heterocycles. The number of aryl methyl sites for hydroxylation is 1. The average molecular weight is 283 g/mol. The van der Waals surface area contributed by atoms with Crippen LogP contribution in [0.3, 0.4) is 0 Å². The first-order chi connectivity index (χ1) is 8.62. The molecule has 0 radical (unpaired) electrons. The van der Waals surface area contributed by atoms with Crippen LogP contribution < -0.4 is 0 Å². The average Bonchev–Trinajstić information content (AvgIpc) is 2.23. The molecular weight excluding hydrogens is 262 g/mol. The molecule has 1 aliphatic rings. The van der Waals surface area contributed by atoms with Crippen molar-refractivity contribution >= 4 is 10.0 Å². The molecule has 1 aromatic carbocycles. The predicted molar refractivity (Wildman–Crippen MR) is 74.6 cm³/mol. The summed E-state index contributed by atoms with van der Waals surface area (Å²) in [6, 6.07) is 5.58. The lowest BCUT2D eigenvalue weighted by molar-refractivity contribution is 0.0547. The third kappa shape index (κ3) is 2.68. The molecule has 2 rings (SSSR count). The van der Waals surface area contributed by atoms with Crippen molar-refractivity contribution in [2.45, 2.75) is 44.1 Å². The first kappa shape index (κ1) is 14.5. The van der Waals surface area contributed by atoms with E-state index >= 15 is 0 Å². The van der Waals surface area contributed by atoms with Crippen LogP contribution in [0.1, 0.15) is 31.9 Å². The van der Waals surface area contributed by atoms with Crippen molar-refractivity contribution in [2.24, 2.45) is 0 Å². The predicted octanol–water partition coefficient (Wildman–Crippen LogP) is 1.66. The molecule has 5 heteroatoms. The van der Waals surface area contributed by atoms with Gasteiger partial charge in [0.05, 0.1) is 11.0 Å². The molecule has 1 aromatic rings. The number of aliphatic hydroxyl groups is 1. The number of rotatable bonds is 2. The number of sulfonamides is 1. The van der Waals surface area contributed by atoms with Crippen LogP contribution >= 0.6 is 0 Å². The minimum atomic E-state index is -3.48. The van der Waals surface area contributed by atoms with Gasteiger partial charge in [0.2, 0.25) is 10.0 Å². The fraction of sp³-hybridized carbons (Fsp3) is 0.571. The van der Waals surface area contributed by atoms with Crippen LogP contribution in [0.4, 0.5) is 0 Å². The van der Waals surface area contributed by atoms with Crippen molar-refractivity contribution < 1.29 is 13.5 Å². The van der Waals surface area contributed by atoms with Gasteiger partial charge in [-0.25, -0.2) is 8.42 Å². The van der Waals surface area contributed by atoms with Crippen LogP contribution in [0.15, 0.2) is 23.1 Å². The topological polar surface area (TPSA) is 57.6 Å². The number of nitrogens with zero attached hydrogens (tertiary/aromatic N) is 1. The van der Waals surface area contributed by atoms with E-state index in [0.29, 0.717) is 4.90 Å². The highest BCUT2D eigenvalue weighted by atomic mass is 32.2. The third-order valence-electron chi connectivity index (χ3n) is 3.50. The van der Waals surface area contributed by atoms with Gasteiger partial charge in [0.15, 0.2) is 0 Å². The van der Waals surface area contributed by atoms with Gasteiger partial charge in [-0.1, -0.05) is 32.9 Å². The summed E-state index contributed by atoms with van der Waals surface area (Å²) in [5, 5.41) is 9.28. The zero-order chi connectivity index (χ0) is 14.4. The van der Waals surface area contributed by atoms with Crippen molar-refractivity contribution in [3.8, 4) is 0 Å². The molecule has 0 unspecified atom stereocenters. The Balaban J connectivity index is 2.44. The first-order valence-electron chi connectivity index (χ1n) is 6.42. The van der Waals surface area contributed by atoms with E-state index in [0.717, 1.165) is 11.1 Å². The molecule has 19 heavy (non-hydrogen) atoms. The SMILES string of the molecule is Cc1ccc(C(C)(C)C)cc1S(=O)(=O)N1CC(O)C1. The zero-order valence-corrected chi connectivity index (χ0v) is 12.7. The second kappa shape index (κ2) is 4.58. The Hall–Kier alpha value is -0.910. The van der Waals surface area contributed by atoms with Crippen molar-refractivity contribution in [3.05, 3.63) is 29.3 Å². The second-order valence-electron chi connectivity index (χ2n) is 6.21. The maximum atomic E-state index is 12.5. The van der Waals surface area contributed by atoms with Crippen LogP contribution in [0, 0.1) is 6.92 Å². The van der Waals surface area contributed by atoms with E-state index in [1.165, 1.54) is 4.31 Å². The number of hydrogen-bond acceptors (Lipinski definition) is 3. The normalized spacial score (nSPS) is 18.4. The highest BCUT2D eigenvalue weighted by molar-refractivity contribution is 7.89. The van der Waals surface area contributed by atoms with Gasteiger partial charge in [-0.3, -0.25) is 0 Å². The molecule has 1 heterocycles. The monoisotopic (exact) mass is 283 g/mol. The standard InChI is InChI=1S/C14H21NO3S/c1-10-5-6-11(14(2,3)4)7-13(10)19(17,18)15-8-12(16)9-15/h5-7,12,16H,8-9H2,1-4H3. The van der Waals surface area contributed by atoms with Crippen LogP contribution in [0.2, 0.25) is 0 Å². The molecular formula is C14H21NO3S. The van der Waals surface area contributed by atoms with Gasteiger partial charge < -0.3 is 5.11 Å². The first-order valence-corrected chi connectivity index (χ1v) is 7.86. The molecule has 0 amide bonds. The number of aliphatic hydroxyl groups excluding tert-OH is 1. The van der Waals surface area contributed by atoms with E-state index in [1.54, 1.807) is 13.0 Å². The van der Waals surface area contributed by atoms with Gasteiger partial charge in [-0.2, -0.15) is 4.31 Å². The molecule has 0 saturated carbocycles. The van der Waals surface area contributed by atoms with E-state index in [-0.39, 0.29) is 18.5 Å². The van der Waals surface area contributed by atoms with Crippen LogP contribution in [0.5, 0.6) is 0 Å². The minimum absolute atomic E-state index is 0.0908. The van der Waals surface area contributed by atoms with E-state index < -0.39 is 16.1 Å². The number of hydrogen-bond donors (Lipinski definition) is 1. The summed E-state index contributed by atoms with van der Waals surface area (Å²) >= 11 is 0. The van der Waals surface area contributed by atoms with E-state index in [9.17, 15) is 13.5 Å². The summed E-state index contributed by atoms with van der Waals surface area (Å²) in [7, 11) is -3.48. The largest absolute Gasteiger partial charge is 0.390 e. The Morgan fingerprint density at radius 2 is 1.84 bits per heavy atom. The van der Waals surface area contributed by atoms with Crippen molar-refractivity contribution in [3.63, 3.8) is 0 Å². The zero-order valence-electron chi connectivity index (χ0n) is 11.8. The van der Waals surface area contributed by atoms with Crippen LogP contribution in [0.25, 0.3) is 0 Å². The van der Waals surface area contributed by atoms with Crippen LogP contribution in [-0.2, 0) is 15.4 Å². The Kier molecular flexibility index (Phi) is 3.49. The molecule has 0 aromatic heterocycles. The molecule has 0 spiro atoms. The van der Waals surface area contributed by atoms with Crippen molar-refractivity contribution in [2.75, 3.05) is 13.1 Å². The lowest BCUT2D eigenvalue weighted by Crippen LogP contribution is -2.53. The Morgan fingerprint density at radius 1 is 1.26 bits per heavy atom. The van der Waals surface area contributed by atoms with Crippen LogP contribution in [-0.4, -0.2) is 37.0 Å². The molecule has 1 N–H and O–H groups in total. The summed E-state index contributed by atoms with van der Waals surface area (Å²) in [4.78, 5) is 0.354. The van der Waals surface area contributed by atoms with Crippen molar-refractivity contribution in [1.29, 1.82) is 0 Å². The summed E-state index contributed by atoms with van der Waals surface area (Å²) in [6.45, 7) is 8.36. The van der Waals surface area contributed by atoms with Gasteiger partial charge in [-0.15, -0.1) is 0 Å². The Labute approximate surface area is 115 Å². The van der Waals surface area contributed by atoms with Crippen molar-refractivity contribution in [1.82, 2.24) is 4.31 Å². The molecule has 1 aliphatic heterocycles. The molecule has 0 bridgehead atoms. The maximum Gasteiger partial charge on any atom is 0.243 e. The lowest BCUT2D eigenvalue weighted by Gasteiger charge is -2.35. The van der Waals surface area contributed by atoms with E-state index in [2.05, 4.69) is 20.8 Å². The maximum absolute atomic E-state index is 12.5. The fourth-order valence-corrected chi connectivity index (χ4v) is 3.86. The summed E-state index contributed by atoms with van der Waals surface area (Å²) < 4.78 is 26.3. The Morgan fingerprint density at radius 3 is 2.32 bits per heavy atom. The van der Waals surface area contributed by atoms with E-state index in [4.69, 9.17) is 0 Å². The van der Waals surface area contributed by atoms with Gasteiger partial charge >= 0.3 is 0 Å². The van der Waals surface area contributed by atoms with E-state index in [1.807, 2.05) is 12.1 Å². The summed E-state index contributed by atoms with van der Waals surface area (Å²) in [5.41, 5.74) is 1.65.